The molecule has 0 radical (unpaired) electrons. The Morgan fingerprint density at radius 2 is 2.29 bits per heavy atom. The maximum atomic E-state index is 12.6. The number of urea groups is 1. The number of allylic oxidation sites excluding steroid dienone is 1. The van der Waals surface area contributed by atoms with Gasteiger partial charge in [-0.3, -0.25) is 0 Å². The molecule has 2 aliphatic heterocycles. The van der Waals surface area contributed by atoms with Crippen LogP contribution in [-0.4, -0.2) is 31.3 Å². The third kappa shape index (κ3) is 3.79. The first-order valence-electron chi connectivity index (χ1n) is 7.87. The molecule has 2 atom stereocenters. The molecule has 0 saturated carbocycles. The van der Waals surface area contributed by atoms with Crippen molar-refractivity contribution in [3.8, 4) is 0 Å². The van der Waals surface area contributed by atoms with Crippen LogP contribution in [0.5, 0.6) is 0 Å². The maximum Gasteiger partial charge on any atom is 0.338 e. The van der Waals surface area contributed by atoms with Gasteiger partial charge in [0.2, 0.25) is 0 Å². The van der Waals surface area contributed by atoms with Crippen LogP contribution in [0.3, 0.4) is 0 Å². The van der Waals surface area contributed by atoms with Gasteiger partial charge in [-0.05, 0) is 37.5 Å². The summed E-state index contributed by atoms with van der Waals surface area (Å²) >= 11 is 3.41. The Hall–Kier alpha value is -1.86. The molecule has 7 heteroatoms. The van der Waals surface area contributed by atoms with Crippen molar-refractivity contribution in [3.63, 3.8) is 0 Å². The van der Waals surface area contributed by atoms with Crippen LogP contribution in [0.15, 0.2) is 40.0 Å². The van der Waals surface area contributed by atoms with Gasteiger partial charge in [0, 0.05) is 16.8 Å². The number of hydrogen-bond acceptors (Lipinski definition) is 4. The second-order valence-electron chi connectivity index (χ2n) is 5.86. The van der Waals surface area contributed by atoms with Crippen molar-refractivity contribution in [2.24, 2.45) is 0 Å². The van der Waals surface area contributed by atoms with E-state index in [9.17, 15) is 9.59 Å². The molecule has 2 amide bonds. The Bertz CT molecular complexity index is 683. The lowest BCUT2D eigenvalue weighted by Gasteiger charge is -2.28. The number of rotatable bonds is 4. The molecule has 2 N–H and O–H groups in total. The molecule has 24 heavy (non-hydrogen) atoms. The molecule has 6 nitrogen and oxygen atoms in total. The van der Waals surface area contributed by atoms with Crippen LogP contribution in [0.25, 0.3) is 0 Å². The summed E-state index contributed by atoms with van der Waals surface area (Å²) in [6.45, 7) is 2.64. The summed E-state index contributed by atoms with van der Waals surface area (Å²) < 4.78 is 11.8. The average Bonchev–Trinajstić information content (AvgIpc) is 3.05. The number of carbonyl (C=O) groups is 2. The summed E-state index contributed by atoms with van der Waals surface area (Å²) in [6.07, 6.45) is 1.85. The SMILES string of the molecule is CC1=C(C(=O)OC[C@@H]2CCCO2)[C@@H](c2cccc(Br)c2)NC(=O)N1. The predicted molar refractivity (Wildman–Crippen MR) is 91.2 cm³/mol. The first-order valence-corrected chi connectivity index (χ1v) is 8.66. The van der Waals surface area contributed by atoms with Gasteiger partial charge < -0.3 is 20.1 Å². The Kier molecular flexibility index (Phi) is 5.20. The number of ether oxygens (including phenoxy) is 2. The summed E-state index contributed by atoms with van der Waals surface area (Å²) in [5.74, 6) is -0.444. The van der Waals surface area contributed by atoms with Gasteiger partial charge >= 0.3 is 12.0 Å². The highest BCUT2D eigenvalue weighted by Crippen LogP contribution is 2.29. The molecule has 1 aromatic rings. The smallest absolute Gasteiger partial charge is 0.338 e. The number of esters is 1. The second kappa shape index (κ2) is 7.36. The Balaban J connectivity index is 1.81. The summed E-state index contributed by atoms with van der Waals surface area (Å²) in [6, 6.07) is 6.59. The molecule has 1 fully saturated rings. The molecule has 1 aromatic carbocycles. The fourth-order valence-corrected chi connectivity index (χ4v) is 3.34. The summed E-state index contributed by atoms with van der Waals surface area (Å²) in [5, 5.41) is 5.43. The van der Waals surface area contributed by atoms with Crippen molar-refractivity contribution in [2.45, 2.75) is 31.9 Å². The number of nitrogens with one attached hydrogen (secondary N) is 2. The lowest BCUT2D eigenvalue weighted by molar-refractivity contribution is -0.142. The van der Waals surface area contributed by atoms with Gasteiger partial charge in [0.15, 0.2) is 0 Å². The van der Waals surface area contributed by atoms with Gasteiger partial charge in [0.25, 0.3) is 0 Å². The monoisotopic (exact) mass is 394 g/mol. The van der Waals surface area contributed by atoms with Crippen molar-refractivity contribution >= 4 is 27.9 Å². The van der Waals surface area contributed by atoms with Gasteiger partial charge in [-0.2, -0.15) is 0 Å². The van der Waals surface area contributed by atoms with Gasteiger partial charge in [-0.1, -0.05) is 28.1 Å². The van der Waals surface area contributed by atoms with E-state index in [0.717, 1.165) is 22.9 Å². The minimum atomic E-state index is -0.548. The summed E-state index contributed by atoms with van der Waals surface area (Å²) in [4.78, 5) is 24.4. The average molecular weight is 395 g/mol. The molecular formula is C17H19BrN2O4. The molecule has 1 saturated heterocycles. The zero-order valence-electron chi connectivity index (χ0n) is 13.3. The van der Waals surface area contributed by atoms with E-state index in [-0.39, 0.29) is 18.7 Å². The number of benzene rings is 1. The summed E-state index contributed by atoms with van der Waals surface area (Å²) in [7, 11) is 0. The quantitative estimate of drug-likeness (QED) is 0.769. The van der Waals surface area contributed by atoms with E-state index < -0.39 is 12.0 Å². The van der Waals surface area contributed by atoms with Crippen molar-refractivity contribution in [1.82, 2.24) is 10.6 Å². The van der Waals surface area contributed by atoms with Gasteiger partial charge in [0.05, 0.1) is 17.7 Å². The zero-order valence-corrected chi connectivity index (χ0v) is 14.9. The molecule has 2 aliphatic rings. The minimum Gasteiger partial charge on any atom is -0.459 e. The normalized spacial score (nSPS) is 23.7. The highest BCUT2D eigenvalue weighted by molar-refractivity contribution is 9.10. The maximum absolute atomic E-state index is 12.6. The largest absolute Gasteiger partial charge is 0.459 e. The van der Waals surface area contributed by atoms with Gasteiger partial charge in [-0.15, -0.1) is 0 Å². The molecule has 0 bridgehead atoms. The zero-order chi connectivity index (χ0) is 17.1. The number of halogens is 1. The number of amides is 2. The lowest BCUT2D eigenvalue weighted by atomic mass is 9.96. The highest BCUT2D eigenvalue weighted by Gasteiger charge is 2.32. The van der Waals surface area contributed by atoms with Gasteiger partial charge in [-0.25, -0.2) is 9.59 Å². The molecule has 0 spiro atoms. The first-order chi connectivity index (χ1) is 11.5. The van der Waals surface area contributed by atoms with Crippen molar-refractivity contribution in [1.29, 1.82) is 0 Å². The Morgan fingerprint density at radius 3 is 3.00 bits per heavy atom. The third-order valence-corrected chi connectivity index (χ3v) is 4.59. The molecule has 0 aliphatic carbocycles. The number of carbonyl (C=O) groups excluding carboxylic acids is 2. The fourth-order valence-electron chi connectivity index (χ4n) is 2.92. The van der Waals surface area contributed by atoms with Crippen molar-refractivity contribution in [3.05, 3.63) is 45.6 Å². The van der Waals surface area contributed by atoms with Crippen LogP contribution < -0.4 is 10.6 Å². The predicted octanol–water partition coefficient (Wildman–Crippen LogP) is 2.80. The van der Waals surface area contributed by atoms with E-state index in [1.165, 1.54) is 0 Å². The molecule has 3 rings (SSSR count). The third-order valence-electron chi connectivity index (χ3n) is 4.10. The van der Waals surface area contributed by atoms with Crippen LogP contribution in [0.1, 0.15) is 31.4 Å². The minimum absolute atomic E-state index is 0.0367. The van der Waals surface area contributed by atoms with E-state index in [0.29, 0.717) is 17.9 Å². The fraction of sp³-hybridized carbons (Fsp3) is 0.412. The lowest BCUT2D eigenvalue weighted by Crippen LogP contribution is -2.45. The summed E-state index contributed by atoms with van der Waals surface area (Å²) in [5.41, 5.74) is 1.72. The standard InChI is InChI=1S/C17H19BrN2O4/c1-10-14(16(21)24-9-13-6-3-7-23-13)15(20-17(22)19-10)11-4-2-5-12(18)8-11/h2,4-5,8,13,15H,3,6-7,9H2,1H3,(H2,19,20,22)/t13-,15+/m0/s1. The van der Waals surface area contributed by atoms with E-state index in [2.05, 4.69) is 26.6 Å². The Morgan fingerprint density at radius 1 is 1.46 bits per heavy atom. The Labute approximate surface area is 148 Å². The van der Waals surface area contributed by atoms with Crippen LogP contribution >= 0.6 is 15.9 Å². The van der Waals surface area contributed by atoms with Crippen LogP contribution in [0.2, 0.25) is 0 Å². The molecule has 0 aromatic heterocycles. The van der Waals surface area contributed by atoms with Crippen molar-refractivity contribution in [2.75, 3.05) is 13.2 Å². The van der Waals surface area contributed by atoms with Gasteiger partial charge in [0.1, 0.15) is 6.61 Å². The van der Waals surface area contributed by atoms with E-state index >= 15 is 0 Å². The second-order valence-corrected chi connectivity index (χ2v) is 6.77. The molecular weight excluding hydrogens is 376 g/mol. The van der Waals surface area contributed by atoms with E-state index in [1.54, 1.807) is 6.92 Å². The van der Waals surface area contributed by atoms with E-state index in [4.69, 9.17) is 9.47 Å². The molecule has 2 heterocycles. The topological polar surface area (TPSA) is 76.7 Å². The molecule has 0 unspecified atom stereocenters. The van der Waals surface area contributed by atoms with E-state index in [1.807, 2.05) is 24.3 Å². The first kappa shape index (κ1) is 17.0. The molecule has 128 valence electrons. The van der Waals surface area contributed by atoms with Crippen molar-refractivity contribution < 1.29 is 19.1 Å². The number of hydrogen-bond donors (Lipinski definition) is 2. The highest BCUT2D eigenvalue weighted by atomic mass is 79.9. The van der Waals surface area contributed by atoms with Crippen LogP contribution in [0, 0.1) is 0 Å². The van der Waals surface area contributed by atoms with Crippen LogP contribution in [0.4, 0.5) is 4.79 Å². The van der Waals surface area contributed by atoms with Crippen LogP contribution in [-0.2, 0) is 14.3 Å².